The zero-order valence-electron chi connectivity index (χ0n) is 13.3. The van der Waals surface area contributed by atoms with Gasteiger partial charge in [-0.2, -0.15) is 0 Å². The van der Waals surface area contributed by atoms with Crippen LogP contribution < -0.4 is 16.6 Å². The van der Waals surface area contributed by atoms with E-state index in [1.807, 2.05) is 0 Å². The highest BCUT2D eigenvalue weighted by Crippen LogP contribution is 2.19. The lowest BCUT2D eigenvalue weighted by Gasteiger charge is -2.07. The van der Waals surface area contributed by atoms with E-state index in [0.717, 1.165) is 0 Å². The van der Waals surface area contributed by atoms with Gasteiger partial charge in [0.05, 0.1) is 0 Å². The van der Waals surface area contributed by atoms with Crippen molar-refractivity contribution < 1.29 is 9.32 Å². The first-order chi connectivity index (χ1) is 12.6. The minimum atomic E-state index is -0.664. The predicted molar refractivity (Wildman–Crippen MR) is 95.1 cm³/mol. The Morgan fingerprint density at radius 1 is 1.00 bits per heavy atom. The van der Waals surface area contributed by atoms with Crippen LogP contribution in [0.25, 0.3) is 22.2 Å². The van der Waals surface area contributed by atoms with Gasteiger partial charge in [-0.25, -0.2) is 4.79 Å². The number of benzene rings is 2. The summed E-state index contributed by atoms with van der Waals surface area (Å²) in [6.07, 6.45) is 0. The van der Waals surface area contributed by atoms with Crippen LogP contribution in [0.2, 0.25) is 0 Å². The predicted octanol–water partition coefficient (Wildman–Crippen LogP) is 2.12. The molecule has 2 aromatic heterocycles. The number of aromatic amines is 2. The van der Waals surface area contributed by atoms with Gasteiger partial charge in [0.2, 0.25) is 0 Å². The quantitative estimate of drug-likeness (QED) is 0.524. The third-order valence-corrected chi connectivity index (χ3v) is 3.83. The first-order valence-corrected chi connectivity index (χ1v) is 7.70. The van der Waals surface area contributed by atoms with Gasteiger partial charge in [-0.3, -0.25) is 19.1 Å². The molecule has 26 heavy (non-hydrogen) atoms. The highest BCUT2D eigenvalue weighted by Gasteiger charge is 2.11. The molecular formula is C18H12N4O4. The summed E-state index contributed by atoms with van der Waals surface area (Å²) < 4.78 is 4.48. The summed E-state index contributed by atoms with van der Waals surface area (Å²) in [4.78, 5) is 40.7. The molecule has 0 fully saturated rings. The van der Waals surface area contributed by atoms with Crippen LogP contribution in [-0.2, 0) is 0 Å². The Bertz CT molecular complexity index is 1240. The maximum Gasteiger partial charge on any atom is 0.439 e. The number of pyridine rings is 1. The number of aromatic nitrogens is 3. The number of anilines is 1. The van der Waals surface area contributed by atoms with E-state index in [0.29, 0.717) is 22.0 Å². The summed E-state index contributed by atoms with van der Waals surface area (Å²) in [5.41, 5.74) is 0.863. The van der Waals surface area contributed by atoms with Crippen LogP contribution in [0.4, 0.5) is 5.69 Å². The van der Waals surface area contributed by atoms with Gasteiger partial charge in [-0.05, 0) is 29.7 Å². The Balaban J connectivity index is 1.64. The van der Waals surface area contributed by atoms with Crippen LogP contribution >= 0.6 is 0 Å². The van der Waals surface area contributed by atoms with E-state index in [9.17, 15) is 14.4 Å². The zero-order valence-corrected chi connectivity index (χ0v) is 13.3. The molecule has 128 valence electrons. The van der Waals surface area contributed by atoms with Gasteiger partial charge in [0.15, 0.2) is 5.82 Å². The fourth-order valence-corrected chi connectivity index (χ4v) is 2.63. The second-order valence-electron chi connectivity index (χ2n) is 5.58. The van der Waals surface area contributed by atoms with Crippen LogP contribution in [0.3, 0.4) is 0 Å². The maximum absolute atomic E-state index is 12.5. The normalized spacial score (nSPS) is 10.8. The molecule has 0 aliphatic rings. The lowest BCUT2D eigenvalue weighted by atomic mass is 10.1. The van der Waals surface area contributed by atoms with Gasteiger partial charge in [0, 0.05) is 16.6 Å². The van der Waals surface area contributed by atoms with Crippen molar-refractivity contribution in [3.63, 3.8) is 0 Å². The van der Waals surface area contributed by atoms with E-state index >= 15 is 0 Å². The van der Waals surface area contributed by atoms with Crippen LogP contribution in [-0.4, -0.2) is 21.0 Å². The lowest BCUT2D eigenvalue weighted by molar-refractivity contribution is 0.102. The number of hydrogen-bond acceptors (Lipinski definition) is 5. The third kappa shape index (κ3) is 2.91. The van der Waals surface area contributed by atoms with Gasteiger partial charge in [-0.15, -0.1) is 0 Å². The molecule has 2 aromatic carbocycles. The van der Waals surface area contributed by atoms with E-state index in [4.69, 9.17) is 0 Å². The number of nitrogens with zero attached hydrogens (tertiary/aromatic N) is 1. The molecule has 1 amide bonds. The Hall–Kier alpha value is -3.94. The highest BCUT2D eigenvalue weighted by molar-refractivity contribution is 6.04. The Morgan fingerprint density at radius 3 is 2.65 bits per heavy atom. The molecule has 8 nitrogen and oxygen atoms in total. The Kier molecular flexibility index (Phi) is 3.70. The molecule has 0 atom stereocenters. The van der Waals surface area contributed by atoms with Crippen molar-refractivity contribution >= 4 is 22.4 Å². The van der Waals surface area contributed by atoms with Gasteiger partial charge in [0.1, 0.15) is 5.69 Å². The number of H-pyrrole nitrogens is 2. The molecule has 0 aliphatic heterocycles. The van der Waals surface area contributed by atoms with Gasteiger partial charge in [-0.1, -0.05) is 35.5 Å². The van der Waals surface area contributed by atoms with E-state index in [1.165, 1.54) is 0 Å². The summed E-state index contributed by atoms with van der Waals surface area (Å²) in [5.74, 6) is -0.868. The van der Waals surface area contributed by atoms with E-state index in [-0.39, 0.29) is 17.1 Å². The molecule has 2 heterocycles. The lowest BCUT2D eigenvalue weighted by Crippen LogP contribution is -2.18. The van der Waals surface area contributed by atoms with E-state index < -0.39 is 11.7 Å². The van der Waals surface area contributed by atoms with Crippen molar-refractivity contribution in [1.82, 2.24) is 15.1 Å². The van der Waals surface area contributed by atoms with Gasteiger partial charge < -0.3 is 10.3 Å². The second kappa shape index (κ2) is 6.17. The van der Waals surface area contributed by atoms with Gasteiger partial charge in [0.25, 0.3) is 11.5 Å². The van der Waals surface area contributed by atoms with Crippen molar-refractivity contribution in [3.05, 3.63) is 81.2 Å². The molecule has 0 saturated heterocycles. The molecule has 0 unspecified atom stereocenters. The molecular weight excluding hydrogens is 336 g/mol. The molecule has 3 N–H and O–H groups in total. The number of rotatable bonds is 3. The first-order valence-electron chi connectivity index (χ1n) is 7.70. The highest BCUT2D eigenvalue weighted by atomic mass is 16.5. The van der Waals surface area contributed by atoms with Crippen molar-refractivity contribution in [3.8, 4) is 11.4 Å². The van der Waals surface area contributed by atoms with Gasteiger partial charge >= 0.3 is 5.76 Å². The Morgan fingerprint density at radius 2 is 1.85 bits per heavy atom. The SMILES string of the molecule is O=C(Nc1cccc(-c2noc(=O)[nH]2)c1)c1cc2ccccc2c(=O)[nH]1. The summed E-state index contributed by atoms with van der Waals surface area (Å²) >= 11 is 0. The number of carbonyl (C=O) groups is 1. The molecule has 0 spiro atoms. The minimum absolute atomic E-state index is 0.147. The standard InChI is InChI=1S/C18H12N4O4/c23-16-13-7-2-1-4-10(13)9-14(20-16)17(24)19-12-6-3-5-11(8-12)15-21-18(25)26-22-15/h1-9H,(H,19,24)(H,20,23)(H,21,22,25). The molecule has 0 bridgehead atoms. The average Bonchev–Trinajstić information content (AvgIpc) is 3.08. The van der Waals surface area contributed by atoms with E-state index in [1.54, 1.807) is 54.6 Å². The van der Waals surface area contributed by atoms with Crippen molar-refractivity contribution in [2.45, 2.75) is 0 Å². The largest absolute Gasteiger partial charge is 0.439 e. The monoisotopic (exact) mass is 348 g/mol. The molecule has 4 aromatic rings. The molecule has 4 rings (SSSR count). The fourth-order valence-electron chi connectivity index (χ4n) is 2.63. The van der Waals surface area contributed by atoms with Crippen LogP contribution in [0, 0.1) is 0 Å². The smallest absolute Gasteiger partial charge is 0.321 e. The number of amides is 1. The number of nitrogens with one attached hydrogen (secondary N) is 3. The first kappa shape index (κ1) is 15.6. The molecule has 0 saturated carbocycles. The van der Waals surface area contributed by atoms with E-state index in [2.05, 4.69) is 25.0 Å². The van der Waals surface area contributed by atoms with Crippen LogP contribution in [0.1, 0.15) is 10.5 Å². The van der Waals surface area contributed by atoms with Crippen molar-refractivity contribution in [2.75, 3.05) is 5.32 Å². The average molecular weight is 348 g/mol. The number of hydrogen-bond donors (Lipinski definition) is 3. The molecule has 8 heteroatoms. The zero-order chi connectivity index (χ0) is 18.1. The van der Waals surface area contributed by atoms with Crippen molar-refractivity contribution in [2.24, 2.45) is 0 Å². The third-order valence-electron chi connectivity index (χ3n) is 3.83. The second-order valence-corrected chi connectivity index (χ2v) is 5.58. The van der Waals surface area contributed by atoms with Crippen molar-refractivity contribution in [1.29, 1.82) is 0 Å². The summed E-state index contributed by atoms with van der Waals surface area (Å²) in [6.45, 7) is 0. The summed E-state index contributed by atoms with van der Waals surface area (Å²) in [7, 11) is 0. The minimum Gasteiger partial charge on any atom is -0.321 e. The fraction of sp³-hybridized carbons (Fsp3) is 0. The molecule has 0 radical (unpaired) electrons. The van der Waals surface area contributed by atoms with Crippen LogP contribution in [0.15, 0.2) is 68.7 Å². The molecule has 0 aliphatic carbocycles. The summed E-state index contributed by atoms with van der Waals surface area (Å²) in [6, 6.07) is 15.3. The number of carbonyl (C=O) groups excluding carboxylic acids is 1. The summed E-state index contributed by atoms with van der Waals surface area (Å²) in [5, 5.41) is 7.51. The Labute approximate surface area is 145 Å². The number of fused-ring (bicyclic) bond motifs is 1. The maximum atomic E-state index is 12.5. The topological polar surface area (TPSA) is 121 Å². The van der Waals surface area contributed by atoms with Crippen LogP contribution in [0.5, 0.6) is 0 Å².